The fourth-order valence-electron chi connectivity index (χ4n) is 4.44. The summed E-state index contributed by atoms with van der Waals surface area (Å²) in [6.07, 6.45) is 4.85. The summed E-state index contributed by atoms with van der Waals surface area (Å²) >= 11 is 0. The van der Waals surface area contributed by atoms with E-state index >= 15 is 0 Å². The van der Waals surface area contributed by atoms with Crippen molar-refractivity contribution in [3.8, 4) is 11.5 Å². The van der Waals surface area contributed by atoms with Gasteiger partial charge in [-0.15, -0.1) is 5.10 Å². The van der Waals surface area contributed by atoms with Gasteiger partial charge in [-0.2, -0.15) is 0 Å². The highest BCUT2D eigenvalue weighted by Gasteiger charge is 2.20. The molecular formula is C28H24N8O2. The second kappa shape index (κ2) is 9.40. The second-order valence-corrected chi connectivity index (χ2v) is 9.01. The quantitative estimate of drug-likeness (QED) is 0.335. The Balaban J connectivity index is 1.24. The Labute approximate surface area is 218 Å². The summed E-state index contributed by atoms with van der Waals surface area (Å²) in [4.78, 5) is 27.3. The third kappa shape index (κ3) is 4.32. The maximum atomic E-state index is 12.0. The van der Waals surface area contributed by atoms with Crippen LogP contribution in [0.5, 0.6) is 11.5 Å². The third-order valence-corrected chi connectivity index (χ3v) is 6.46. The van der Waals surface area contributed by atoms with Crippen molar-refractivity contribution in [2.75, 3.05) is 18.4 Å². The molecule has 4 heterocycles. The van der Waals surface area contributed by atoms with E-state index in [1.54, 1.807) is 9.58 Å². The molecule has 0 aliphatic carbocycles. The highest BCUT2D eigenvalue weighted by molar-refractivity contribution is 5.91. The summed E-state index contributed by atoms with van der Waals surface area (Å²) in [5, 5.41) is 11.6. The molecule has 0 radical (unpaired) electrons. The molecule has 0 spiro atoms. The van der Waals surface area contributed by atoms with Crippen molar-refractivity contribution >= 4 is 45.1 Å². The first-order chi connectivity index (χ1) is 18.5. The van der Waals surface area contributed by atoms with Crippen molar-refractivity contribution in [3.05, 3.63) is 84.8 Å². The van der Waals surface area contributed by atoms with Gasteiger partial charge in [0, 0.05) is 31.9 Å². The molecule has 1 aliphatic rings. The molecule has 6 rings (SSSR count). The second-order valence-electron chi connectivity index (χ2n) is 9.01. The van der Waals surface area contributed by atoms with E-state index in [-0.39, 0.29) is 5.91 Å². The molecular weight excluding hydrogens is 480 g/mol. The lowest BCUT2D eigenvalue weighted by Gasteiger charge is -2.14. The number of fused-ring (bicyclic) bond motifs is 2. The van der Waals surface area contributed by atoms with E-state index in [9.17, 15) is 4.79 Å². The Morgan fingerprint density at radius 1 is 1.11 bits per heavy atom. The smallest absolute Gasteiger partial charge is 0.246 e. The number of aromatic nitrogens is 6. The summed E-state index contributed by atoms with van der Waals surface area (Å²) in [6, 6.07) is 15.4. The minimum atomic E-state index is -0.0974. The predicted molar refractivity (Wildman–Crippen MR) is 145 cm³/mol. The number of amides is 1. The van der Waals surface area contributed by atoms with Crippen LogP contribution in [-0.4, -0.2) is 53.8 Å². The van der Waals surface area contributed by atoms with Crippen molar-refractivity contribution in [1.29, 1.82) is 0 Å². The van der Waals surface area contributed by atoms with E-state index in [0.717, 1.165) is 44.8 Å². The number of pyridine rings is 1. The van der Waals surface area contributed by atoms with Crippen LogP contribution in [-0.2, 0) is 11.8 Å². The Morgan fingerprint density at radius 3 is 2.84 bits per heavy atom. The molecule has 0 unspecified atom stereocenters. The molecule has 0 bridgehead atoms. The zero-order valence-corrected chi connectivity index (χ0v) is 20.9. The molecule has 0 saturated heterocycles. The zero-order valence-electron chi connectivity index (χ0n) is 20.9. The molecule has 1 amide bonds. The maximum absolute atomic E-state index is 12.0. The highest BCUT2D eigenvalue weighted by atomic mass is 16.5. The van der Waals surface area contributed by atoms with Crippen LogP contribution < -0.4 is 10.1 Å². The van der Waals surface area contributed by atoms with E-state index in [1.807, 2.05) is 68.6 Å². The Bertz CT molecular complexity index is 1760. The molecule has 0 fully saturated rings. The molecule has 188 valence electrons. The molecule has 5 aromatic rings. The van der Waals surface area contributed by atoms with E-state index in [2.05, 4.69) is 32.2 Å². The number of rotatable bonds is 6. The molecule has 2 aromatic carbocycles. The van der Waals surface area contributed by atoms with Crippen molar-refractivity contribution in [2.45, 2.75) is 6.92 Å². The van der Waals surface area contributed by atoms with E-state index in [1.165, 1.54) is 12.4 Å². The number of benzene rings is 2. The number of nitrogens with zero attached hydrogens (tertiary/aromatic N) is 7. The molecule has 10 heteroatoms. The predicted octanol–water partition coefficient (Wildman–Crippen LogP) is 4.56. The van der Waals surface area contributed by atoms with Gasteiger partial charge in [0.05, 0.1) is 16.7 Å². The topological polar surface area (TPSA) is 111 Å². The normalized spacial score (nSPS) is 13.1. The lowest BCUT2D eigenvalue weighted by molar-refractivity contribution is -0.124. The first-order valence-electron chi connectivity index (χ1n) is 12.1. The molecule has 38 heavy (non-hydrogen) atoms. The fourth-order valence-corrected chi connectivity index (χ4v) is 4.44. The van der Waals surface area contributed by atoms with Crippen LogP contribution in [0, 0.1) is 6.92 Å². The van der Waals surface area contributed by atoms with Gasteiger partial charge in [-0.3, -0.25) is 4.79 Å². The van der Waals surface area contributed by atoms with Gasteiger partial charge in [0.1, 0.15) is 28.9 Å². The summed E-state index contributed by atoms with van der Waals surface area (Å²) < 4.78 is 7.85. The molecule has 10 nitrogen and oxygen atoms in total. The highest BCUT2D eigenvalue weighted by Crippen LogP contribution is 2.31. The zero-order chi connectivity index (χ0) is 26.2. The van der Waals surface area contributed by atoms with E-state index < -0.39 is 0 Å². The third-order valence-electron chi connectivity index (χ3n) is 6.46. The number of carbonyl (C=O) groups excluding carboxylic acids is 1. The largest absolute Gasteiger partial charge is 0.457 e. The van der Waals surface area contributed by atoms with Crippen LogP contribution in [0.3, 0.4) is 0 Å². The van der Waals surface area contributed by atoms with Crippen molar-refractivity contribution < 1.29 is 9.53 Å². The van der Waals surface area contributed by atoms with Crippen molar-refractivity contribution in [2.24, 2.45) is 7.05 Å². The number of ether oxygens (including phenoxy) is 1. The SMILES string of the molecule is C=CC(=O)N1CC=C(c2ccc3ncnc(Nc4ccc(Oc5ccc6c(c5)nnn6C)c(C)c4)c3n2)C1. The summed E-state index contributed by atoms with van der Waals surface area (Å²) in [7, 11) is 1.86. The van der Waals surface area contributed by atoms with Gasteiger partial charge in [0.25, 0.3) is 0 Å². The Kier molecular flexibility index (Phi) is 5.76. The number of nitrogens with one attached hydrogen (secondary N) is 1. The Hall–Kier alpha value is -5.12. The fraction of sp³-hybridized carbons (Fsp3) is 0.143. The minimum Gasteiger partial charge on any atom is -0.457 e. The van der Waals surface area contributed by atoms with Crippen molar-refractivity contribution in [3.63, 3.8) is 0 Å². The molecule has 0 atom stereocenters. The van der Waals surface area contributed by atoms with Gasteiger partial charge in [0.15, 0.2) is 5.82 Å². The van der Waals surface area contributed by atoms with Crippen molar-refractivity contribution in [1.82, 2.24) is 34.8 Å². The van der Waals surface area contributed by atoms with Crippen LogP contribution in [0.2, 0.25) is 0 Å². The number of hydrogen-bond donors (Lipinski definition) is 1. The molecule has 1 aliphatic heterocycles. The van der Waals surface area contributed by atoms with E-state index in [4.69, 9.17) is 9.72 Å². The van der Waals surface area contributed by atoms with Gasteiger partial charge in [0.2, 0.25) is 5.91 Å². The van der Waals surface area contributed by atoms with Gasteiger partial charge in [-0.25, -0.2) is 19.6 Å². The average Bonchev–Trinajstić information content (AvgIpc) is 3.57. The molecule has 3 aromatic heterocycles. The summed E-state index contributed by atoms with van der Waals surface area (Å²) in [6.45, 7) is 6.58. The van der Waals surface area contributed by atoms with Crippen LogP contribution >= 0.6 is 0 Å². The molecule has 0 saturated carbocycles. The Morgan fingerprint density at radius 2 is 2.00 bits per heavy atom. The van der Waals surface area contributed by atoms with Gasteiger partial charge in [-0.05, 0) is 66.6 Å². The first kappa shape index (κ1) is 23.3. The summed E-state index contributed by atoms with van der Waals surface area (Å²) in [5.74, 6) is 1.92. The van der Waals surface area contributed by atoms with Crippen LogP contribution in [0.25, 0.3) is 27.6 Å². The maximum Gasteiger partial charge on any atom is 0.246 e. The molecule has 1 N–H and O–H groups in total. The average molecular weight is 505 g/mol. The number of anilines is 2. The lowest BCUT2D eigenvalue weighted by Crippen LogP contribution is -2.26. The van der Waals surface area contributed by atoms with Crippen LogP contribution in [0.4, 0.5) is 11.5 Å². The summed E-state index contributed by atoms with van der Waals surface area (Å²) in [5.41, 5.74) is 6.64. The number of hydrogen-bond acceptors (Lipinski definition) is 8. The number of aryl methyl sites for hydroxylation is 2. The van der Waals surface area contributed by atoms with Gasteiger partial charge >= 0.3 is 0 Å². The van der Waals surface area contributed by atoms with Gasteiger partial charge in [-0.1, -0.05) is 17.9 Å². The monoisotopic (exact) mass is 504 g/mol. The van der Waals surface area contributed by atoms with Gasteiger partial charge < -0.3 is 15.0 Å². The standard InChI is InChI=1S/C28H24N8O2/c1-4-26(37)36-12-11-18(15-36)21-7-8-22-27(32-21)28(30-16-29-22)31-19-5-10-25(17(2)13-19)38-20-6-9-24-23(14-20)33-34-35(24)3/h4-11,13-14,16H,1,12,15H2,2-3H3,(H,29,30,31). The lowest BCUT2D eigenvalue weighted by atomic mass is 10.1. The minimum absolute atomic E-state index is 0.0974. The first-order valence-corrected chi connectivity index (χ1v) is 12.1. The van der Waals surface area contributed by atoms with Crippen LogP contribution in [0.15, 0.2) is 73.6 Å². The van der Waals surface area contributed by atoms with Crippen LogP contribution in [0.1, 0.15) is 11.3 Å². The van der Waals surface area contributed by atoms with E-state index in [0.29, 0.717) is 30.2 Å². The number of carbonyl (C=O) groups is 1.